The lowest BCUT2D eigenvalue weighted by Crippen LogP contribution is -2.20. The van der Waals surface area contributed by atoms with E-state index in [1.165, 1.54) is 0 Å². The largest absolute Gasteiger partial charge is 0.380 e. The van der Waals surface area contributed by atoms with Crippen molar-refractivity contribution >= 4 is 5.91 Å². The molecule has 0 saturated heterocycles. The third-order valence-corrected chi connectivity index (χ3v) is 1.68. The zero-order valence-corrected chi connectivity index (χ0v) is 7.92. The summed E-state index contributed by atoms with van der Waals surface area (Å²) in [6.07, 6.45) is 2.42. The second-order valence-electron chi connectivity index (χ2n) is 2.82. The van der Waals surface area contributed by atoms with Gasteiger partial charge < -0.3 is 10.6 Å². The van der Waals surface area contributed by atoms with E-state index in [-0.39, 0.29) is 5.91 Å². The molecule has 0 aromatic rings. The van der Waals surface area contributed by atoms with Gasteiger partial charge in [-0.3, -0.25) is 4.79 Å². The highest BCUT2D eigenvalue weighted by Crippen LogP contribution is 2.10. The zero-order chi connectivity index (χ0) is 9.72. The summed E-state index contributed by atoms with van der Waals surface area (Å²) >= 11 is 0. The predicted octanol–water partition coefficient (Wildman–Crippen LogP) is 0.883. The molecule has 0 spiro atoms. The van der Waals surface area contributed by atoms with Crippen LogP contribution in [0, 0.1) is 0 Å². The molecule has 3 heteroatoms. The Morgan fingerprint density at radius 3 is 2.33 bits per heavy atom. The van der Waals surface area contributed by atoms with Crippen molar-refractivity contribution in [2.24, 2.45) is 5.73 Å². The fourth-order valence-corrected chi connectivity index (χ4v) is 0.950. The Bertz CT molecular complexity index is 217. The van der Waals surface area contributed by atoms with Crippen molar-refractivity contribution in [3.8, 4) is 0 Å². The minimum Gasteiger partial charge on any atom is -0.380 e. The van der Waals surface area contributed by atoms with Crippen LogP contribution in [0.4, 0.5) is 0 Å². The fourth-order valence-electron chi connectivity index (χ4n) is 0.950. The van der Waals surface area contributed by atoms with Crippen LogP contribution in [-0.4, -0.2) is 24.9 Å². The molecular weight excluding hydrogens is 152 g/mol. The molecule has 0 unspecified atom stereocenters. The zero-order valence-electron chi connectivity index (χ0n) is 7.92. The van der Waals surface area contributed by atoms with E-state index < -0.39 is 0 Å². The lowest BCUT2D eigenvalue weighted by molar-refractivity contribution is -0.114. The first kappa shape index (κ1) is 10.8. The first-order valence-electron chi connectivity index (χ1n) is 3.78. The molecule has 0 atom stereocenters. The molecule has 12 heavy (non-hydrogen) atoms. The van der Waals surface area contributed by atoms with Crippen LogP contribution in [0.5, 0.6) is 0 Å². The van der Waals surface area contributed by atoms with Crippen LogP contribution in [0.25, 0.3) is 0 Å². The number of amides is 1. The summed E-state index contributed by atoms with van der Waals surface area (Å²) in [7, 11) is 3.76. The maximum Gasteiger partial charge on any atom is 0.246 e. The first-order valence-corrected chi connectivity index (χ1v) is 3.78. The SMILES string of the molecule is C=CC/C(=C(/C)C(N)=O)N(C)C. The highest BCUT2D eigenvalue weighted by molar-refractivity contribution is 5.92. The minimum atomic E-state index is -0.374. The van der Waals surface area contributed by atoms with Crippen molar-refractivity contribution in [3.05, 3.63) is 23.9 Å². The van der Waals surface area contributed by atoms with Gasteiger partial charge in [0.05, 0.1) is 0 Å². The van der Waals surface area contributed by atoms with Gasteiger partial charge in [0, 0.05) is 31.8 Å². The van der Waals surface area contributed by atoms with Crippen molar-refractivity contribution in [1.29, 1.82) is 0 Å². The summed E-state index contributed by atoms with van der Waals surface area (Å²) in [6.45, 7) is 5.34. The number of hydrogen-bond donors (Lipinski definition) is 1. The lowest BCUT2D eigenvalue weighted by Gasteiger charge is -2.17. The molecule has 0 aromatic heterocycles. The Hall–Kier alpha value is -1.25. The van der Waals surface area contributed by atoms with E-state index in [1.54, 1.807) is 13.0 Å². The highest BCUT2D eigenvalue weighted by Gasteiger charge is 2.07. The molecular formula is C9H16N2O. The number of allylic oxidation sites excluding steroid dienone is 1. The molecule has 0 bridgehead atoms. The summed E-state index contributed by atoms with van der Waals surface area (Å²) in [5, 5.41) is 0. The molecule has 0 radical (unpaired) electrons. The van der Waals surface area contributed by atoms with Crippen LogP contribution >= 0.6 is 0 Å². The summed E-state index contributed by atoms with van der Waals surface area (Å²) in [6, 6.07) is 0. The molecule has 0 heterocycles. The van der Waals surface area contributed by atoms with E-state index in [1.807, 2.05) is 19.0 Å². The molecule has 0 fully saturated rings. The van der Waals surface area contributed by atoms with Crippen LogP contribution in [-0.2, 0) is 4.79 Å². The molecule has 0 aromatic carbocycles. The lowest BCUT2D eigenvalue weighted by atomic mass is 10.1. The van der Waals surface area contributed by atoms with Gasteiger partial charge in [-0.1, -0.05) is 6.08 Å². The van der Waals surface area contributed by atoms with Gasteiger partial charge in [-0.25, -0.2) is 0 Å². The minimum absolute atomic E-state index is 0.374. The Labute approximate surface area is 73.5 Å². The molecule has 0 aliphatic carbocycles. The number of primary amides is 1. The Kier molecular flexibility index (Phi) is 4.11. The van der Waals surface area contributed by atoms with E-state index >= 15 is 0 Å². The highest BCUT2D eigenvalue weighted by atomic mass is 16.1. The van der Waals surface area contributed by atoms with Gasteiger partial charge in [0.1, 0.15) is 0 Å². The van der Waals surface area contributed by atoms with Gasteiger partial charge in [0.2, 0.25) is 5.91 Å². The standard InChI is InChI=1S/C9H16N2O/c1-5-6-8(11(3)4)7(2)9(10)12/h5H,1,6H2,2-4H3,(H2,10,12)/b8-7+. The van der Waals surface area contributed by atoms with Crippen LogP contribution < -0.4 is 5.73 Å². The molecule has 3 nitrogen and oxygen atoms in total. The van der Waals surface area contributed by atoms with E-state index in [4.69, 9.17) is 5.73 Å². The summed E-state index contributed by atoms with van der Waals surface area (Å²) in [4.78, 5) is 12.7. The number of nitrogens with zero attached hydrogens (tertiary/aromatic N) is 1. The third kappa shape index (κ3) is 2.78. The van der Waals surface area contributed by atoms with Gasteiger partial charge in [-0.15, -0.1) is 6.58 Å². The Balaban J connectivity index is 4.79. The number of carbonyl (C=O) groups is 1. The Morgan fingerprint density at radius 1 is 1.58 bits per heavy atom. The average molecular weight is 168 g/mol. The maximum atomic E-state index is 10.8. The summed E-state index contributed by atoms with van der Waals surface area (Å²) in [5.74, 6) is -0.374. The summed E-state index contributed by atoms with van der Waals surface area (Å²) in [5.41, 5.74) is 6.66. The monoisotopic (exact) mass is 168 g/mol. The number of hydrogen-bond acceptors (Lipinski definition) is 2. The van der Waals surface area contributed by atoms with E-state index in [2.05, 4.69) is 6.58 Å². The Morgan fingerprint density at radius 2 is 2.08 bits per heavy atom. The fraction of sp³-hybridized carbons (Fsp3) is 0.444. The second kappa shape index (κ2) is 4.59. The molecule has 0 saturated carbocycles. The number of rotatable bonds is 4. The van der Waals surface area contributed by atoms with Crippen molar-refractivity contribution < 1.29 is 4.79 Å². The first-order chi connectivity index (χ1) is 5.50. The molecule has 68 valence electrons. The smallest absolute Gasteiger partial charge is 0.246 e. The maximum absolute atomic E-state index is 10.8. The number of nitrogens with two attached hydrogens (primary N) is 1. The molecule has 0 aliphatic heterocycles. The van der Waals surface area contributed by atoms with Crippen LogP contribution in [0.2, 0.25) is 0 Å². The van der Waals surface area contributed by atoms with Crippen molar-refractivity contribution in [2.75, 3.05) is 14.1 Å². The molecule has 2 N–H and O–H groups in total. The van der Waals surface area contributed by atoms with Gasteiger partial charge in [-0.2, -0.15) is 0 Å². The normalized spacial score (nSPS) is 11.9. The van der Waals surface area contributed by atoms with Crippen molar-refractivity contribution in [2.45, 2.75) is 13.3 Å². The van der Waals surface area contributed by atoms with Gasteiger partial charge >= 0.3 is 0 Å². The van der Waals surface area contributed by atoms with Crippen LogP contribution in [0.15, 0.2) is 23.9 Å². The van der Waals surface area contributed by atoms with Crippen molar-refractivity contribution in [1.82, 2.24) is 4.90 Å². The van der Waals surface area contributed by atoms with Crippen molar-refractivity contribution in [3.63, 3.8) is 0 Å². The average Bonchev–Trinajstić information content (AvgIpc) is 1.98. The van der Waals surface area contributed by atoms with Crippen LogP contribution in [0.1, 0.15) is 13.3 Å². The van der Waals surface area contributed by atoms with Gasteiger partial charge in [0.25, 0.3) is 0 Å². The van der Waals surface area contributed by atoms with Crippen LogP contribution in [0.3, 0.4) is 0 Å². The van der Waals surface area contributed by atoms with E-state index in [0.717, 1.165) is 5.70 Å². The van der Waals surface area contributed by atoms with E-state index in [9.17, 15) is 4.79 Å². The second-order valence-corrected chi connectivity index (χ2v) is 2.82. The van der Waals surface area contributed by atoms with Gasteiger partial charge in [0.15, 0.2) is 0 Å². The van der Waals surface area contributed by atoms with E-state index in [0.29, 0.717) is 12.0 Å². The summed E-state index contributed by atoms with van der Waals surface area (Å²) < 4.78 is 0. The quantitative estimate of drug-likeness (QED) is 0.500. The molecule has 0 aliphatic rings. The molecule has 0 rings (SSSR count). The topological polar surface area (TPSA) is 46.3 Å². The molecule has 1 amide bonds. The third-order valence-electron chi connectivity index (χ3n) is 1.68. The van der Waals surface area contributed by atoms with Gasteiger partial charge in [-0.05, 0) is 6.92 Å². The predicted molar refractivity (Wildman–Crippen MR) is 50.4 cm³/mol. The number of carbonyl (C=O) groups excluding carboxylic acids is 1.